The van der Waals surface area contributed by atoms with Crippen molar-refractivity contribution in [2.75, 3.05) is 0 Å². The summed E-state index contributed by atoms with van der Waals surface area (Å²) in [4.78, 5) is 0. The second-order valence-electron chi connectivity index (χ2n) is 12.4. The first-order valence-corrected chi connectivity index (χ1v) is 18.1. The van der Waals surface area contributed by atoms with Gasteiger partial charge in [-0.3, -0.25) is 0 Å². The molecule has 204 valence electrons. The summed E-state index contributed by atoms with van der Waals surface area (Å²) >= 11 is 2.40. The third-order valence-corrected chi connectivity index (χ3v) is 16.3. The number of halogens is 1. The lowest BCUT2D eigenvalue weighted by Crippen LogP contribution is -2.43. The molecule has 41 heavy (non-hydrogen) atoms. The maximum atomic E-state index is 4.08. The molecule has 0 aromatic heterocycles. The van der Waals surface area contributed by atoms with Gasteiger partial charge in [-0.2, -0.15) is 0 Å². The molecule has 0 bridgehead atoms. The van der Waals surface area contributed by atoms with E-state index < -0.39 is 8.07 Å². The van der Waals surface area contributed by atoms with Crippen molar-refractivity contribution in [2.45, 2.75) is 58.2 Å². The van der Waals surface area contributed by atoms with Crippen LogP contribution in [0.15, 0.2) is 97.1 Å². The van der Waals surface area contributed by atoms with E-state index in [2.05, 4.69) is 173 Å². The molecule has 0 aliphatic rings. The summed E-state index contributed by atoms with van der Waals surface area (Å²) in [5.74, 6) is 3.94. The van der Waals surface area contributed by atoms with Gasteiger partial charge in [0, 0.05) is 9.13 Å². The Balaban J connectivity index is 1.84. The quantitative estimate of drug-likeness (QED) is 0.0764. The van der Waals surface area contributed by atoms with Crippen LogP contribution in [0.3, 0.4) is 0 Å². The molecule has 0 spiro atoms. The SMILES string of the molecule is CC(C)[Si](C#Cc1c2cc3ccccc3cc2c(-c2ccc(I)cc2)c2cc3ccccc3cc12)(C(C)C)C(C)C. The maximum absolute atomic E-state index is 4.08. The van der Waals surface area contributed by atoms with Crippen LogP contribution in [0.4, 0.5) is 0 Å². The largest absolute Gasteiger partial charge is 0.146 e. The zero-order valence-electron chi connectivity index (χ0n) is 24.8. The van der Waals surface area contributed by atoms with Gasteiger partial charge in [-0.1, -0.05) is 108 Å². The summed E-state index contributed by atoms with van der Waals surface area (Å²) in [7, 11) is -1.94. The minimum atomic E-state index is -1.94. The van der Waals surface area contributed by atoms with Gasteiger partial charge in [0.1, 0.15) is 8.07 Å². The van der Waals surface area contributed by atoms with Gasteiger partial charge in [0.25, 0.3) is 0 Å². The molecule has 0 saturated carbocycles. The molecule has 6 aromatic carbocycles. The van der Waals surface area contributed by atoms with Crippen molar-refractivity contribution in [3.63, 3.8) is 0 Å². The Hall–Kier alpha value is -3.13. The Morgan fingerprint density at radius 1 is 0.537 bits per heavy atom. The van der Waals surface area contributed by atoms with E-state index in [1.807, 2.05) is 0 Å². The molecule has 0 saturated heterocycles. The normalized spacial score (nSPS) is 12.2. The zero-order valence-corrected chi connectivity index (χ0v) is 28.0. The zero-order chi connectivity index (χ0) is 28.9. The topological polar surface area (TPSA) is 0 Å². The highest BCUT2D eigenvalue weighted by Gasteiger charge is 2.41. The van der Waals surface area contributed by atoms with Crippen molar-refractivity contribution in [1.82, 2.24) is 0 Å². The number of hydrogen-bond donors (Lipinski definition) is 0. The Morgan fingerprint density at radius 2 is 0.927 bits per heavy atom. The van der Waals surface area contributed by atoms with E-state index in [1.54, 1.807) is 0 Å². The van der Waals surface area contributed by atoms with Crippen molar-refractivity contribution >= 4 is 73.8 Å². The minimum Gasteiger partial charge on any atom is -0.125 e. The van der Waals surface area contributed by atoms with Crippen LogP contribution < -0.4 is 0 Å². The second kappa shape index (κ2) is 10.9. The van der Waals surface area contributed by atoms with E-state index in [0.717, 1.165) is 0 Å². The summed E-state index contributed by atoms with van der Waals surface area (Å²) < 4.78 is 1.25. The van der Waals surface area contributed by atoms with Crippen LogP contribution in [0.5, 0.6) is 0 Å². The Labute approximate surface area is 259 Å². The average molecular weight is 661 g/mol. The number of fused-ring (bicyclic) bond motifs is 4. The fourth-order valence-corrected chi connectivity index (χ4v) is 12.8. The molecule has 0 amide bonds. The van der Waals surface area contributed by atoms with Crippen LogP contribution in [-0.4, -0.2) is 8.07 Å². The van der Waals surface area contributed by atoms with Crippen LogP contribution >= 0.6 is 22.6 Å². The predicted molar refractivity (Wildman–Crippen MR) is 193 cm³/mol. The maximum Gasteiger partial charge on any atom is 0.146 e. The lowest BCUT2D eigenvalue weighted by Gasteiger charge is -2.38. The first kappa shape index (κ1) is 28.0. The third-order valence-electron chi connectivity index (χ3n) is 9.25. The fraction of sp³-hybridized carbons (Fsp3) is 0.231. The smallest absolute Gasteiger partial charge is 0.125 e. The predicted octanol–water partition coefficient (Wildman–Crippen LogP) is 12.1. The summed E-state index contributed by atoms with van der Waals surface area (Å²) in [5, 5.41) is 10.1. The number of rotatable bonds is 4. The molecular weight excluding hydrogens is 623 g/mol. The molecule has 0 fully saturated rings. The van der Waals surface area contributed by atoms with Gasteiger partial charge >= 0.3 is 0 Å². The summed E-state index contributed by atoms with van der Waals surface area (Å²) in [6.45, 7) is 14.4. The fourth-order valence-electron chi connectivity index (χ4n) is 7.26. The summed E-state index contributed by atoms with van der Waals surface area (Å²) in [5.41, 5.74) is 9.56. The molecule has 0 atom stereocenters. The third kappa shape index (κ3) is 4.78. The van der Waals surface area contributed by atoms with E-state index in [-0.39, 0.29) is 0 Å². The van der Waals surface area contributed by atoms with Crippen molar-refractivity contribution in [3.05, 3.63) is 106 Å². The van der Waals surface area contributed by atoms with Crippen molar-refractivity contribution < 1.29 is 0 Å². The van der Waals surface area contributed by atoms with Crippen LogP contribution in [-0.2, 0) is 0 Å². The van der Waals surface area contributed by atoms with Gasteiger partial charge in [0.15, 0.2) is 0 Å². The molecule has 0 aliphatic carbocycles. The Kier molecular flexibility index (Phi) is 7.47. The summed E-state index contributed by atoms with van der Waals surface area (Å²) in [6, 6.07) is 36.1. The van der Waals surface area contributed by atoms with Crippen LogP contribution in [0.2, 0.25) is 16.6 Å². The van der Waals surface area contributed by atoms with Crippen molar-refractivity contribution in [2.24, 2.45) is 0 Å². The van der Waals surface area contributed by atoms with Crippen molar-refractivity contribution in [3.8, 4) is 22.6 Å². The van der Waals surface area contributed by atoms with Gasteiger partial charge in [-0.15, -0.1) is 5.54 Å². The lowest BCUT2D eigenvalue weighted by molar-refractivity contribution is 0.838. The number of benzene rings is 6. The standard InChI is InChI=1S/C39H37ISi/c1-25(2)41(26(3)4,27(5)6)20-19-34-35-21-29-11-7-9-13-31(29)23-37(35)39(28-15-17-33(40)18-16-28)38-24-32-14-10-8-12-30(32)22-36(34)38/h7-18,21-27H,1-6H3. The molecule has 6 rings (SSSR count). The van der Waals surface area contributed by atoms with Crippen LogP contribution in [0.25, 0.3) is 54.2 Å². The number of hydrogen-bond acceptors (Lipinski definition) is 0. The highest BCUT2D eigenvalue weighted by atomic mass is 127. The van der Waals surface area contributed by atoms with Crippen LogP contribution in [0.1, 0.15) is 47.1 Å². The second-order valence-corrected chi connectivity index (χ2v) is 19.2. The first-order chi connectivity index (χ1) is 19.7. The van der Waals surface area contributed by atoms with E-state index in [1.165, 1.54) is 63.4 Å². The molecule has 0 aliphatic heterocycles. The highest BCUT2D eigenvalue weighted by Crippen LogP contribution is 2.44. The molecule has 0 heterocycles. The van der Waals surface area contributed by atoms with Crippen molar-refractivity contribution in [1.29, 1.82) is 0 Å². The van der Waals surface area contributed by atoms with Crippen LogP contribution in [0, 0.1) is 15.0 Å². The molecule has 6 aromatic rings. The molecule has 2 heteroatoms. The van der Waals surface area contributed by atoms with Gasteiger partial charge in [-0.25, -0.2) is 0 Å². The average Bonchev–Trinajstić information content (AvgIpc) is 2.95. The highest BCUT2D eigenvalue weighted by molar-refractivity contribution is 14.1. The first-order valence-electron chi connectivity index (χ1n) is 14.8. The molecule has 0 N–H and O–H groups in total. The molecular formula is C39H37ISi. The van der Waals surface area contributed by atoms with Gasteiger partial charge < -0.3 is 0 Å². The van der Waals surface area contributed by atoms with E-state index in [9.17, 15) is 0 Å². The molecule has 0 nitrogen and oxygen atoms in total. The monoisotopic (exact) mass is 660 g/mol. The summed E-state index contributed by atoms with van der Waals surface area (Å²) in [6.07, 6.45) is 0. The van der Waals surface area contributed by atoms with Gasteiger partial charge in [0.2, 0.25) is 0 Å². The van der Waals surface area contributed by atoms with E-state index in [0.29, 0.717) is 16.6 Å². The van der Waals surface area contributed by atoms with E-state index in [4.69, 9.17) is 0 Å². The minimum absolute atomic E-state index is 0.584. The Morgan fingerprint density at radius 3 is 1.32 bits per heavy atom. The van der Waals surface area contributed by atoms with E-state index >= 15 is 0 Å². The Bertz CT molecular complexity index is 1870. The molecule has 0 radical (unpaired) electrons. The van der Waals surface area contributed by atoms with Gasteiger partial charge in [0.05, 0.1) is 0 Å². The lowest BCUT2D eigenvalue weighted by atomic mass is 9.86. The van der Waals surface area contributed by atoms with Gasteiger partial charge in [-0.05, 0) is 130 Å². The molecule has 0 unspecified atom stereocenters.